The van der Waals surface area contributed by atoms with Gasteiger partial charge in [0.05, 0.1) is 12.3 Å². The van der Waals surface area contributed by atoms with E-state index < -0.39 is 5.97 Å². The number of likely N-dealkylation sites (tertiary alicyclic amines) is 1. The lowest BCUT2D eigenvalue weighted by Crippen LogP contribution is -2.47. The Morgan fingerprint density at radius 1 is 1.24 bits per heavy atom. The van der Waals surface area contributed by atoms with Crippen LogP contribution in [0.25, 0.3) is 0 Å². The van der Waals surface area contributed by atoms with Gasteiger partial charge in [0.15, 0.2) is 0 Å². The SMILES string of the molecule is CCN(CCC(=O)O)C(=O)C1CCCN(C(=O)c2ccc(C)cc2)C1. The van der Waals surface area contributed by atoms with Crippen molar-refractivity contribution in [3.05, 3.63) is 35.4 Å². The van der Waals surface area contributed by atoms with Crippen LogP contribution in [0, 0.1) is 12.8 Å². The van der Waals surface area contributed by atoms with Gasteiger partial charge in [0.1, 0.15) is 0 Å². The van der Waals surface area contributed by atoms with Gasteiger partial charge < -0.3 is 14.9 Å². The van der Waals surface area contributed by atoms with E-state index in [-0.39, 0.29) is 30.7 Å². The number of carbonyl (C=O) groups excluding carboxylic acids is 2. The Morgan fingerprint density at radius 2 is 1.92 bits per heavy atom. The van der Waals surface area contributed by atoms with Crippen LogP contribution in [0.1, 0.15) is 42.1 Å². The van der Waals surface area contributed by atoms with Gasteiger partial charge in [0, 0.05) is 31.7 Å². The number of carbonyl (C=O) groups is 3. The summed E-state index contributed by atoms with van der Waals surface area (Å²) in [5.74, 6) is -1.26. The third-order valence-electron chi connectivity index (χ3n) is 4.65. The number of aliphatic carboxylic acids is 1. The normalized spacial score (nSPS) is 17.2. The second-order valence-electron chi connectivity index (χ2n) is 6.52. The summed E-state index contributed by atoms with van der Waals surface area (Å²) in [4.78, 5) is 39.4. The van der Waals surface area contributed by atoms with Crippen LogP contribution < -0.4 is 0 Å². The first-order chi connectivity index (χ1) is 11.9. The molecular weight excluding hydrogens is 320 g/mol. The number of hydrogen-bond acceptors (Lipinski definition) is 3. The van der Waals surface area contributed by atoms with Crippen LogP contribution in [-0.4, -0.2) is 58.9 Å². The van der Waals surface area contributed by atoms with E-state index in [1.165, 1.54) is 0 Å². The van der Waals surface area contributed by atoms with Crippen LogP contribution in [0.15, 0.2) is 24.3 Å². The fraction of sp³-hybridized carbons (Fsp3) is 0.526. The van der Waals surface area contributed by atoms with Crippen LogP contribution in [0.5, 0.6) is 0 Å². The average Bonchev–Trinajstić information content (AvgIpc) is 2.62. The van der Waals surface area contributed by atoms with Gasteiger partial charge in [-0.15, -0.1) is 0 Å². The summed E-state index contributed by atoms with van der Waals surface area (Å²) in [5, 5.41) is 8.82. The number of carboxylic acid groups (broad SMARTS) is 1. The number of hydrogen-bond donors (Lipinski definition) is 1. The summed E-state index contributed by atoms with van der Waals surface area (Å²) < 4.78 is 0. The van der Waals surface area contributed by atoms with Crippen molar-refractivity contribution >= 4 is 17.8 Å². The van der Waals surface area contributed by atoms with Crippen LogP contribution in [0.4, 0.5) is 0 Å². The number of aryl methyl sites for hydroxylation is 1. The molecular formula is C19H26N2O4. The van der Waals surface area contributed by atoms with Gasteiger partial charge in [0.25, 0.3) is 5.91 Å². The fourth-order valence-corrected chi connectivity index (χ4v) is 3.15. The van der Waals surface area contributed by atoms with Crippen molar-refractivity contribution in [1.82, 2.24) is 9.80 Å². The summed E-state index contributed by atoms with van der Waals surface area (Å²) in [7, 11) is 0. The Morgan fingerprint density at radius 3 is 2.52 bits per heavy atom. The Kier molecular flexibility index (Phi) is 6.56. The van der Waals surface area contributed by atoms with Crippen molar-refractivity contribution in [2.75, 3.05) is 26.2 Å². The van der Waals surface area contributed by atoms with E-state index in [1.54, 1.807) is 9.80 Å². The first kappa shape index (κ1) is 19.0. The second kappa shape index (κ2) is 8.65. The van der Waals surface area contributed by atoms with Crippen molar-refractivity contribution in [2.24, 2.45) is 5.92 Å². The van der Waals surface area contributed by atoms with Gasteiger partial charge >= 0.3 is 5.97 Å². The zero-order valence-corrected chi connectivity index (χ0v) is 14.9. The van der Waals surface area contributed by atoms with Crippen LogP contribution >= 0.6 is 0 Å². The summed E-state index contributed by atoms with van der Waals surface area (Å²) in [6, 6.07) is 7.44. The summed E-state index contributed by atoms with van der Waals surface area (Å²) >= 11 is 0. The number of rotatable bonds is 6. The fourth-order valence-electron chi connectivity index (χ4n) is 3.15. The molecule has 25 heavy (non-hydrogen) atoms. The van der Waals surface area contributed by atoms with E-state index in [0.29, 0.717) is 25.2 Å². The monoisotopic (exact) mass is 346 g/mol. The maximum atomic E-state index is 12.7. The molecule has 1 N–H and O–H groups in total. The standard InChI is InChI=1S/C19H26N2O4/c1-3-20(12-10-17(22)23)19(25)16-5-4-11-21(13-16)18(24)15-8-6-14(2)7-9-15/h6-9,16H,3-5,10-13H2,1-2H3,(H,22,23). The quantitative estimate of drug-likeness (QED) is 0.856. The minimum Gasteiger partial charge on any atom is -0.481 e. The van der Waals surface area contributed by atoms with Gasteiger partial charge in [-0.25, -0.2) is 0 Å². The molecule has 1 atom stereocenters. The molecule has 0 aromatic heterocycles. The Balaban J connectivity index is 2.01. The third-order valence-corrected chi connectivity index (χ3v) is 4.65. The van der Waals surface area contributed by atoms with Crippen molar-refractivity contribution in [3.63, 3.8) is 0 Å². The number of carboxylic acids is 1. The van der Waals surface area contributed by atoms with E-state index in [0.717, 1.165) is 18.4 Å². The van der Waals surface area contributed by atoms with E-state index in [4.69, 9.17) is 5.11 Å². The predicted octanol–water partition coefficient (Wildman–Crippen LogP) is 2.17. The molecule has 136 valence electrons. The highest BCUT2D eigenvalue weighted by atomic mass is 16.4. The van der Waals surface area contributed by atoms with E-state index in [2.05, 4.69) is 0 Å². The number of amides is 2. The van der Waals surface area contributed by atoms with Gasteiger partial charge in [-0.3, -0.25) is 14.4 Å². The molecule has 1 aromatic rings. The molecule has 2 rings (SSSR count). The topological polar surface area (TPSA) is 77.9 Å². The number of nitrogens with zero attached hydrogens (tertiary/aromatic N) is 2. The van der Waals surface area contributed by atoms with Crippen LogP contribution in [0.2, 0.25) is 0 Å². The molecule has 1 saturated heterocycles. The first-order valence-corrected chi connectivity index (χ1v) is 8.79. The molecule has 1 fully saturated rings. The molecule has 6 heteroatoms. The van der Waals surface area contributed by atoms with E-state index >= 15 is 0 Å². The smallest absolute Gasteiger partial charge is 0.305 e. The lowest BCUT2D eigenvalue weighted by Gasteiger charge is -2.34. The van der Waals surface area contributed by atoms with Crippen molar-refractivity contribution in [3.8, 4) is 0 Å². The molecule has 0 radical (unpaired) electrons. The molecule has 0 bridgehead atoms. The highest BCUT2D eigenvalue weighted by Crippen LogP contribution is 2.21. The Labute approximate surface area is 148 Å². The Bertz CT molecular complexity index is 627. The Hall–Kier alpha value is -2.37. The van der Waals surface area contributed by atoms with E-state index in [1.807, 2.05) is 38.1 Å². The molecule has 0 saturated carbocycles. The lowest BCUT2D eigenvalue weighted by atomic mass is 9.95. The molecule has 1 aliphatic rings. The largest absolute Gasteiger partial charge is 0.481 e. The van der Waals surface area contributed by atoms with Gasteiger partial charge in [-0.05, 0) is 38.8 Å². The highest BCUT2D eigenvalue weighted by molar-refractivity contribution is 5.94. The zero-order chi connectivity index (χ0) is 18.4. The highest BCUT2D eigenvalue weighted by Gasteiger charge is 2.31. The summed E-state index contributed by atoms with van der Waals surface area (Å²) in [6.07, 6.45) is 1.46. The molecule has 1 heterocycles. The van der Waals surface area contributed by atoms with Crippen molar-refractivity contribution in [2.45, 2.75) is 33.1 Å². The predicted molar refractivity (Wildman–Crippen MR) is 94.3 cm³/mol. The minimum atomic E-state index is -0.911. The first-order valence-electron chi connectivity index (χ1n) is 8.79. The summed E-state index contributed by atoms with van der Waals surface area (Å²) in [6.45, 7) is 5.56. The molecule has 6 nitrogen and oxygen atoms in total. The maximum absolute atomic E-state index is 12.7. The molecule has 1 aromatic carbocycles. The molecule has 0 spiro atoms. The lowest BCUT2D eigenvalue weighted by molar-refractivity contribution is -0.140. The number of piperidine rings is 1. The van der Waals surface area contributed by atoms with Crippen molar-refractivity contribution in [1.29, 1.82) is 0 Å². The molecule has 1 aliphatic heterocycles. The van der Waals surface area contributed by atoms with Gasteiger partial charge in [0.2, 0.25) is 5.91 Å². The third kappa shape index (κ3) is 5.05. The van der Waals surface area contributed by atoms with Gasteiger partial charge in [-0.2, -0.15) is 0 Å². The minimum absolute atomic E-state index is 0.0499. The zero-order valence-electron chi connectivity index (χ0n) is 14.9. The number of benzene rings is 1. The van der Waals surface area contributed by atoms with Gasteiger partial charge in [-0.1, -0.05) is 17.7 Å². The van der Waals surface area contributed by atoms with E-state index in [9.17, 15) is 14.4 Å². The van der Waals surface area contributed by atoms with Crippen LogP contribution in [-0.2, 0) is 9.59 Å². The maximum Gasteiger partial charge on any atom is 0.305 e. The second-order valence-corrected chi connectivity index (χ2v) is 6.52. The molecule has 0 aliphatic carbocycles. The molecule has 1 unspecified atom stereocenters. The van der Waals surface area contributed by atoms with Crippen molar-refractivity contribution < 1.29 is 19.5 Å². The molecule has 2 amide bonds. The average molecular weight is 346 g/mol. The summed E-state index contributed by atoms with van der Waals surface area (Å²) in [5.41, 5.74) is 1.73. The van der Waals surface area contributed by atoms with Crippen LogP contribution in [0.3, 0.4) is 0 Å².